The smallest absolute Gasteiger partial charge is 0.263 e. The van der Waals surface area contributed by atoms with Crippen LogP contribution in [0.4, 0.5) is 5.82 Å². The van der Waals surface area contributed by atoms with E-state index in [1.807, 2.05) is 4.57 Å². The number of H-pyrrole nitrogens is 1. The van der Waals surface area contributed by atoms with Gasteiger partial charge >= 0.3 is 0 Å². The van der Waals surface area contributed by atoms with Gasteiger partial charge in [-0.05, 0) is 32.5 Å². The Kier molecular flexibility index (Phi) is 3.76. The molecule has 7 nitrogen and oxygen atoms in total. The van der Waals surface area contributed by atoms with Gasteiger partial charge in [-0.15, -0.1) is 0 Å². The van der Waals surface area contributed by atoms with Crippen molar-refractivity contribution in [3.63, 3.8) is 0 Å². The predicted octanol–water partition coefficient (Wildman–Crippen LogP) is 3.08. The van der Waals surface area contributed by atoms with Gasteiger partial charge in [0.2, 0.25) is 0 Å². The molecule has 0 aromatic carbocycles. The van der Waals surface area contributed by atoms with Gasteiger partial charge in [0.15, 0.2) is 16.2 Å². The van der Waals surface area contributed by atoms with Gasteiger partial charge < -0.3 is 19.7 Å². The summed E-state index contributed by atoms with van der Waals surface area (Å²) in [6, 6.07) is 0. The quantitative estimate of drug-likeness (QED) is 0.567. The molecule has 0 saturated carbocycles. The van der Waals surface area contributed by atoms with Crippen molar-refractivity contribution < 1.29 is 4.42 Å². The van der Waals surface area contributed by atoms with E-state index in [9.17, 15) is 0 Å². The van der Waals surface area contributed by atoms with Crippen molar-refractivity contribution in [3.05, 3.63) is 28.9 Å². The van der Waals surface area contributed by atoms with Gasteiger partial charge in [0, 0.05) is 6.54 Å². The first kappa shape index (κ1) is 14.5. The number of fused-ring (bicyclic) bond motifs is 1. The third kappa shape index (κ3) is 2.64. The van der Waals surface area contributed by atoms with E-state index < -0.39 is 0 Å². The van der Waals surface area contributed by atoms with Gasteiger partial charge in [-0.1, -0.05) is 11.6 Å². The van der Waals surface area contributed by atoms with Crippen molar-refractivity contribution in [2.45, 2.75) is 26.8 Å². The molecule has 3 rings (SSSR count). The Labute approximate surface area is 131 Å². The molecule has 0 unspecified atom stereocenters. The third-order valence-electron chi connectivity index (χ3n) is 3.17. The molecule has 0 fully saturated rings. The predicted molar refractivity (Wildman–Crippen MR) is 86.7 cm³/mol. The van der Waals surface area contributed by atoms with Crippen molar-refractivity contribution in [2.24, 2.45) is 0 Å². The van der Waals surface area contributed by atoms with Crippen LogP contribution in [0.2, 0.25) is 0 Å². The second-order valence-electron chi connectivity index (χ2n) is 5.12. The minimum atomic E-state index is 0.326. The van der Waals surface area contributed by atoms with Crippen molar-refractivity contribution in [2.75, 3.05) is 5.73 Å². The van der Waals surface area contributed by atoms with Gasteiger partial charge in [0.1, 0.15) is 17.6 Å². The molecule has 0 aliphatic carbocycles. The molecule has 8 heteroatoms. The van der Waals surface area contributed by atoms with Gasteiger partial charge in [-0.25, -0.2) is 9.97 Å². The largest absolute Gasteiger partial charge is 0.442 e. The number of rotatable bonds is 4. The minimum absolute atomic E-state index is 0.326. The average Bonchev–Trinajstić information content (AvgIpc) is 3.06. The van der Waals surface area contributed by atoms with Crippen LogP contribution in [-0.2, 0) is 6.54 Å². The number of aryl methyl sites for hydroxylation is 1. The zero-order valence-electron chi connectivity index (χ0n) is 12.3. The molecule has 0 bridgehead atoms. The highest BCUT2D eigenvalue weighted by molar-refractivity contribution is 7.71. The van der Waals surface area contributed by atoms with E-state index in [2.05, 4.69) is 39.9 Å². The monoisotopic (exact) mass is 316 g/mol. The molecule has 0 amide bonds. The number of hydrogen-bond donors (Lipinski definition) is 2. The number of nitrogens with two attached hydrogens (primary N) is 1. The van der Waals surface area contributed by atoms with E-state index in [0.29, 0.717) is 40.0 Å². The topological polar surface area (TPSA) is 98.5 Å². The van der Waals surface area contributed by atoms with Gasteiger partial charge in [-0.3, -0.25) is 0 Å². The maximum atomic E-state index is 5.97. The number of aromatic amines is 1. The van der Waals surface area contributed by atoms with Crippen LogP contribution in [-0.4, -0.2) is 24.5 Å². The zero-order chi connectivity index (χ0) is 15.7. The molecule has 0 saturated heterocycles. The summed E-state index contributed by atoms with van der Waals surface area (Å²) >= 11 is 5.11. The molecular weight excluding hydrogens is 300 g/mol. The maximum absolute atomic E-state index is 5.97. The number of nitrogens with one attached hydrogen (secondary N) is 1. The lowest BCUT2D eigenvalue weighted by atomic mass is 10.2. The van der Waals surface area contributed by atoms with E-state index in [1.54, 1.807) is 6.20 Å². The Morgan fingerprint density at radius 3 is 2.95 bits per heavy atom. The summed E-state index contributed by atoms with van der Waals surface area (Å²) in [5.41, 5.74) is 8.43. The van der Waals surface area contributed by atoms with Crippen LogP contribution >= 0.6 is 12.2 Å². The molecule has 0 aliphatic rings. The number of oxazole rings is 1. The first-order valence-corrected chi connectivity index (χ1v) is 7.26. The SMILES string of the molecule is CC(C)=CCCn1c(-c2ncco2)nc2c(N)[nH]c(=S)nc21. The molecular formula is C14H16N6OS. The molecule has 0 radical (unpaired) electrons. The van der Waals surface area contributed by atoms with E-state index in [1.165, 1.54) is 11.8 Å². The Balaban J connectivity index is 2.18. The molecule has 3 aromatic rings. The lowest BCUT2D eigenvalue weighted by molar-refractivity contribution is 0.561. The van der Waals surface area contributed by atoms with Crippen molar-refractivity contribution >= 4 is 29.2 Å². The lowest BCUT2D eigenvalue weighted by Gasteiger charge is -2.05. The highest BCUT2D eigenvalue weighted by Gasteiger charge is 2.18. The van der Waals surface area contributed by atoms with Crippen molar-refractivity contribution in [1.82, 2.24) is 24.5 Å². The summed E-state index contributed by atoms with van der Waals surface area (Å²) < 4.78 is 7.63. The van der Waals surface area contributed by atoms with Crippen LogP contribution in [0.3, 0.4) is 0 Å². The van der Waals surface area contributed by atoms with E-state index in [0.717, 1.165) is 6.42 Å². The van der Waals surface area contributed by atoms with E-state index >= 15 is 0 Å². The van der Waals surface area contributed by atoms with Crippen LogP contribution in [0.1, 0.15) is 20.3 Å². The fourth-order valence-corrected chi connectivity index (χ4v) is 2.42. The summed E-state index contributed by atoms with van der Waals surface area (Å²) in [6.07, 6.45) is 6.08. The average molecular weight is 316 g/mol. The fraction of sp³-hybridized carbons (Fsp3) is 0.286. The third-order valence-corrected chi connectivity index (χ3v) is 3.37. The number of anilines is 1. The van der Waals surface area contributed by atoms with Crippen LogP contribution in [0.5, 0.6) is 0 Å². The van der Waals surface area contributed by atoms with Gasteiger partial charge in [0.25, 0.3) is 5.89 Å². The Morgan fingerprint density at radius 1 is 1.45 bits per heavy atom. The van der Waals surface area contributed by atoms with Crippen LogP contribution in [0.25, 0.3) is 22.9 Å². The van der Waals surface area contributed by atoms with Gasteiger partial charge in [-0.2, -0.15) is 4.98 Å². The standard InChI is InChI=1S/C14H16N6OS/c1-8(2)4-3-6-20-11-9(10(15)18-14(22)19-11)17-12(20)13-16-5-7-21-13/h4-5,7H,3,6H2,1-2H3,(H3,15,18,19,22). The molecule has 114 valence electrons. The molecule has 22 heavy (non-hydrogen) atoms. The normalized spacial score (nSPS) is 11.0. The number of imidazole rings is 1. The molecule has 3 aromatic heterocycles. The van der Waals surface area contributed by atoms with Crippen LogP contribution in [0.15, 0.2) is 28.5 Å². The second kappa shape index (κ2) is 5.72. The summed E-state index contributed by atoms with van der Waals surface area (Å²) in [4.78, 5) is 15.9. The van der Waals surface area contributed by atoms with Crippen LogP contribution < -0.4 is 5.73 Å². The first-order chi connectivity index (χ1) is 10.6. The number of hydrogen-bond acceptors (Lipinski definition) is 6. The number of aromatic nitrogens is 5. The highest BCUT2D eigenvalue weighted by Crippen LogP contribution is 2.25. The molecule has 0 aliphatic heterocycles. The summed E-state index contributed by atoms with van der Waals surface area (Å²) in [7, 11) is 0. The highest BCUT2D eigenvalue weighted by atomic mass is 32.1. The first-order valence-electron chi connectivity index (χ1n) is 6.85. The lowest BCUT2D eigenvalue weighted by Crippen LogP contribution is -2.02. The minimum Gasteiger partial charge on any atom is -0.442 e. The fourth-order valence-electron chi connectivity index (χ4n) is 2.23. The Morgan fingerprint density at radius 2 is 2.27 bits per heavy atom. The van der Waals surface area contributed by atoms with E-state index in [-0.39, 0.29) is 0 Å². The molecule has 3 heterocycles. The Bertz CT molecular complexity index is 886. The summed E-state index contributed by atoms with van der Waals surface area (Å²) in [5, 5.41) is 0. The van der Waals surface area contributed by atoms with Gasteiger partial charge in [0.05, 0.1) is 6.20 Å². The number of nitrogen functional groups attached to an aromatic ring is 1. The zero-order valence-corrected chi connectivity index (χ0v) is 13.1. The molecule has 0 atom stereocenters. The molecule has 0 spiro atoms. The summed E-state index contributed by atoms with van der Waals surface area (Å²) in [6.45, 7) is 4.81. The molecule has 3 N–H and O–H groups in total. The second-order valence-corrected chi connectivity index (χ2v) is 5.51. The van der Waals surface area contributed by atoms with Crippen LogP contribution in [0, 0.1) is 4.77 Å². The van der Waals surface area contributed by atoms with Crippen molar-refractivity contribution in [1.29, 1.82) is 0 Å². The summed E-state index contributed by atoms with van der Waals surface area (Å²) in [5.74, 6) is 1.42. The maximum Gasteiger partial charge on any atom is 0.263 e. The van der Waals surface area contributed by atoms with E-state index in [4.69, 9.17) is 22.4 Å². The number of allylic oxidation sites excluding steroid dienone is 2. The van der Waals surface area contributed by atoms with Crippen molar-refractivity contribution in [3.8, 4) is 11.7 Å². The number of nitrogens with zero attached hydrogens (tertiary/aromatic N) is 4. The Hall–Kier alpha value is -2.48.